The minimum Gasteiger partial charge on any atom is -0.504 e. The fraction of sp³-hybridized carbons (Fsp3) is 0.167. The molecule has 1 heterocycles. The lowest BCUT2D eigenvalue weighted by Crippen LogP contribution is -2.19. The number of aliphatic carboxylic acids is 1. The lowest BCUT2D eigenvalue weighted by molar-refractivity contribution is -0.137. The summed E-state index contributed by atoms with van der Waals surface area (Å²) in [5, 5.41) is 27.9. The van der Waals surface area contributed by atoms with Crippen molar-refractivity contribution < 1.29 is 25.0 Å². The molecule has 0 amide bonds. The van der Waals surface area contributed by atoms with E-state index in [0.717, 1.165) is 12.1 Å². The van der Waals surface area contributed by atoms with Crippen LogP contribution in [0.3, 0.4) is 0 Å². The Hall–Kier alpha value is -2.58. The third-order valence-electron chi connectivity index (χ3n) is 2.79. The number of carboxylic acids is 1. The zero-order valence-corrected chi connectivity index (χ0v) is 10.2. The molecule has 0 bridgehead atoms. The predicted octanol–water partition coefficient (Wildman–Crippen LogP) is -0.112. The molecule has 0 saturated carbocycles. The number of benzene rings is 1. The molecule has 106 valence electrons. The summed E-state index contributed by atoms with van der Waals surface area (Å²) in [6.45, 7) is -0.616. The minimum absolute atomic E-state index is 0.0658. The number of nitrogens with two attached hydrogens (primary N) is 1. The van der Waals surface area contributed by atoms with Crippen molar-refractivity contribution in [3.05, 3.63) is 34.1 Å². The number of carbonyl (C=O) groups is 1. The molecule has 0 radical (unpaired) electrons. The number of fused-ring (bicyclic) bond motifs is 1. The molecule has 8 heteroatoms. The molecule has 0 fully saturated rings. The van der Waals surface area contributed by atoms with E-state index in [0.29, 0.717) is 0 Å². The molecule has 5 N–H and O–H groups in total. The van der Waals surface area contributed by atoms with Crippen molar-refractivity contribution in [2.45, 2.75) is 13.2 Å². The molecule has 1 aromatic heterocycles. The highest BCUT2D eigenvalue weighted by atomic mass is 16.6. The van der Waals surface area contributed by atoms with E-state index < -0.39 is 29.4 Å². The van der Waals surface area contributed by atoms with Gasteiger partial charge in [0, 0.05) is 23.2 Å². The van der Waals surface area contributed by atoms with E-state index in [-0.39, 0.29) is 23.1 Å². The summed E-state index contributed by atoms with van der Waals surface area (Å²) in [6.07, 6.45) is 1.29. The van der Waals surface area contributed by atoms with Crippen molar-refractivity contribution in [1.82, 2.24) is 4.57 Å². The SMILES string of the molecule is NOCc1cn(CC(=O)O)c2cc(O)c(O)cc2c1=O. The van der Waals surface area contributed by atoms with E-state index >= 15 is 0 Å². The van der Waals surface area contributed by atoms with Gasteiger partial charge in [0.05, 0.1) is 12.1 Å². The first-order valence-corrected chi connectivity index (χ1v) is 5.55. The Morgan fingerprint density at radius 3 is 2.55 bits per heavy atom. The summed E-state index contributed by atoms with van der Waals surface area (Å²) < 4.78 is 1.26. The van der Waals surface area contributed by atoms with Crippen LogP contribution in [-0.4, -0.2) is 25.9 Å². The zero-order chi connectivity index (χ0) is 14.9. The lowest BCUT2D eigenvalue weighted by atomic mass is 10.1. The van der Waals surface area contributed by atoms with Crippen LogP contribution in [0.4, 0.5) is 0 Å². The molecule has 8 nitrogen and oxygen atoms in total. The van der Waals surface area contributed by atoms with Crippen LogP contribution < -0.4 is 11.3 Å². The van der Waals surface area contributed by atoms with Crippen molar-refractivity contribution >= 4 is 16.9 Å². The minimum atomic E-state index is -1.12. The zero-order valence-electron chi connectivity index (χ0n) is 10.2. The van der Waals surface area contributed by atoms with E-state index in [1.165, 1.54) is 10.8 Å². The van der Waals surface area contributed by atoms with E-state index in [4.69, 9.17) is 11.0 Å². The van der Waals surface area contributed by atoms with Crippen LogP contribution in [0.1, 0.15) is 5.56 Å². The quantitative estimate of drug-likeness (QED) is 0.453. The van der Waals surface area contributed by atoms with Gasteiger partial charge in [-0.05, 0) is 6.07 Å². The van der Waals surface area contributed by atoms with E-state index in [1.807, 2.05) is 0 Å². The number of aromatic nitrogens is 1. The van der Waals surface area contributed by atoms with E-state index in [2.05, 4.69) is 4.84 Å². The Labute approximate surface area is 112 Å². The van der Waals surface area contributed by atoms with Gasteiger partial charge in [-0.3, -0.25) is 14.4 Å². The maximum absolute atomic E-state index is 12.1. The van der Waals surface area contributed by atoms with Crippen molar-refractivity contribution in [3.63, 3.8) is 0 Å². The summed E-state index contributed by atoms with van der Waals surface area (Å²) >= 11 is 0. The number of rotatable bonds is 4. The standard InChI is InChI=1S/C12H12N2O6/c13-20-5-6-3-14(4-11(17)18)8-2-10(16)9(15)1-7(8)12(6)19/h1-3,15-16H,4-5,13H2,(H,17,18). The van der Waals surface area contributed by atoms with Crippen LogP contribution in [-0.2, 0) is 22.8 Å². The van der Waals surface area contributed by atoms with Crippen molar-refractivity contribution in [2.24, 2.45) is 5.90 Å². The van der Waals surface area contributed by atoms with Gasteiger partial charge in [0.15, 0.2) is 16.9 Å². The van der Waals surface area contributed by atoms with E-state index in [9.17, 15) is 19.8 Å². The summed E-state index contributed by atoms with van der Waals surface area (Å²) in [6, 6.07) is 2.20. The predicted molar refractivity (Wildman–Crippen MR) is 68.1 cm³/mol. The molecular weight excluding hydrogens is 268 g/mol. The van der Waals surface area contributed by atoms with Crippen molar-refractivity contribution in [1.29, 1.82) is 0 Å². The average molecular weight is 280 g/mol. The van der Waals surface area contributed by atoms with E-state index in [1.54, 1.807) is 0 Å². The molecule has 0 atom stereocenters. The summed E-state index contributed by atoms with van der Waals surface area (Å²) in [7, 11) is 0. The highest BCUT2D eigenvalue weighted by Gasteiger charge is 2.14. The van der Waals surface area contributed by atoms with Gasteiger partial charge in [-0.2, -0.15) is 0 Å². The Balaban J connectivity index is 2.81. The van der Waals surface area contributed by atoms with Crippen LogP contribution in [0.15, 0.2) is 23.1 Å². The van der Waals surface area contributed by atoms with Gasteiger partial charge >= 0.3 is 5.97 Å². The number of hydrogen-bond acceptors (Lipinski definition) is 6. The molecule has 20 heavy (non-hydrogen) atoms. The number of nitrogens with zero attached hydrogens (tertiary/aromatic N) is 1. The molecule has 0 saturated heterocycles. The number of aromatic hydroxyl groups is 2. The Morgan fingerprint density at radius 1 is 1.30 bits per heavy atom. The van der Waals surface area contributed by atoms with Gasteiger partial charge in [0.25, 0.3) is 0 Å². The van der Waals surface area contributed by atoms with Crippen molar-refractivity contribution in [2.75, 3.05) is 0 Å². The van der Waals surface area contributed by atoms with Gasteiger partial charge in [-0.15, -0.1) is 0 Å². The van der Waals surface area contributed by atoms with Gasteiger partial charge in [-0.1, -0.05) is 0 Å². The number of hydrogen-bond donors (Lipinski definition) is 4. The first kappa shape index (κ1) is 13.8. The molecule has 0 aliphatic heterocycles. The number of phenols is 2. The number of pyridine rings is 1. The first-order valence-electron chi connectivity index (χ1n) is 5.55. The molecule has 2 aromatic rings. The fourth-order valence-electron chi connectivity index (χ4n) is 1.94. The van der Waals surface area contributed by atoms with Crippen LogP contribution in [0.5, 0.6) is 11.5 Å². The second kappa shape index (κ2) is 5.19. The summed E-state index contributed by atoms with van der Waals surface area (Å²) in [5.74, 6) is 2.89. The van der Waals surface area contributed by atoms with Gasteiger partial charge in [0.1, 0.15) is 6.54 Å². The van der Waals surface area contributed by atoms with Gasteiger partial charge in [0.2, 0.25) is 0 Å². The van der Waals surface area contributed by atoms with Gasteiger partial charge in [-0.25, -0.2) is 5.90 Å². The van der Waals surface area contributed by atoms with Crippen LogP contribution in [0.2, 0.25) is 0 Å². The molecule has 2 rings (SSSR count). The molecule has 1 aromatic carbocycles. The second-order valence-electron chi connectivity index (χ2n) is 4.17. The molecule has 0 aliphatic rings. The summed E-state index contributed by atoms with van der Waals surface area (Å²) in [5.41, 5.74) is -0.123. The largest absolute Gasteiger partial charge is 0.504 e. The summed E-state index contributed by atoms with van der Waals surface area (Å²) in [4.78, 5) is 27.4. The van der Waals surface area contributed by atoms with Crippen LogP contribution in [0, 0.1) is 0 Å². The topological polar surface area (TPSA) is 135 Å². The molecular formula is C12H12N2O6. The average Bonchev–Trinajstić information content (AvgIpc) is 2.37. The van der Waals surface area contributed by atoms with Crippen LogP contribution in [0.25, 0.3) is 10.9 Å². The Morgan fingerprint density at radius 2 is 1.95 bits per heavy atom. The molecule has 0 spiro atoms. The highest BCUT2D eigenvalue weighted by Crippen LogP contribution is 2.29. The highest BCUT2D eigenvalue weighted by molar-refractivity contribution is 5.84. The smallest absolute Gasteiger partial charge is 0.323 e. The Bertz CT molecular complexity index is 737. The second-order valence-corrected chi connectivity index (χ2v) is 4.17. The van der Waals surface area contributed by atoms with Crippen molar-refractivity contribution in [3.8, 4) is 11.5 Å². The fourth-order valence-corrected chi connectivity index (χ4v) is 1.94. The third kappa shape index (κ3) is 2.42. The normalized spacial score (nSPS) is 10.8. The first-order chi connectivity index (χ1) is 9.43. The molecule has 0 aliphatic carbocycles. The van der Waals surface area contributed by atoms with Crippen LogP contribution >= 0.6 is 0 Å². The maximum atomic E-state index is 12.1. The monoisotopic (exact) mass is 280 g/mol. The lowest BCUT2D eigenvalue weighted by Gasteiger charge is -2.12. The maximum Gasteiger partial charge on any atom is 0.323 e. The number of phenolic OH excluding ortho intramolecular Hbond substituents is 2. The van der Waals surface area contributed by atoms with Gasteiger partial charge < -0.3 is 19.9 Å². The third-order valence-corrected chi connectivity index (χ3v) is 2.79. The molecule has 0 unspecified atom stereocenters. The Kier molecular flexibility index (Phi) is 3.59. The number of carboxylic acid groups (broad SMARTS) is 1.